The number of hydrogen-bond acceptors (Lipinski definition) is 6. The van der Waals surface area contributed by atoms with Crippen LogP contribution in [0, 0.1) is 5.82 Å². The van der Waals surface area contributed by atoms with Crippen LogP contribution in [0.3, 0.4) is 0 Å². The minimum Gasteiger partial charge on any atom is -0.487 e. The topological polar surface area (TPSA) is 83.1 Å². The van der Waals surface area contributed by atoms with Crippen LogP contribution in [0.15, 0.2) is 42.5 Å². The third-order valence-corrected chi connectivity index (χ3v) is 4.91. The second kappa shape index (κ2) is 9.98. The predicted octanol–water partition coefficient (Wildman–Crippen LogP) is 3.85. The van der Waals surface area contributed by atoms with Gasteiger partial charge in [-0.05, 0) is 31.5 Å². The molecule has 1 saturated heterocycles. The van der Waals surface area contributed by atoms with Crippen LogP contribution in [-0.2, 0) is 31.8 Å². The Labute approximate surface area is 192 Å². The highest BCUT2D eigenvalue weighted by Gasteiger charge is 2.44. The van der Waals surface area contributed by atoms with Crippen molar-refractivity contribution in [3.63, 3.8) is 0 Å². The number of benzene rings is 2. The summed E-state index contributed by atoms with van der Waals surface area (Å²) < 4.78 is 76.7. The summed E-state index contributed by atoms with van der Waals surface area (Å²) in [6, 6.07) is 9.02. The summed E-state index contributed by atoms with van der Waals surface area (Å²) in [6.45, 7) is 2.70. The molecule has 0 spiro atoms. The van der Waals surface area contributed by atoms with Crippen LogP contribution >= 0.6 is 0 Å². The molecule has 11 heteroatoms. The lowest BCUT2D eigenvalue weighted by molar-refractivity contribution is -0.159. The first-order chi connectivity index (χ1) is 15.9. The maximum Gasteiger partial charge on any atom is 0.420 e. The molecule has 2 aromatic carbocycles. The van der Waals surface area contributed by atoms with Crippen LogP contribution in [-0.4, -0.2) is 43.5 Å². The Morgan fingerprint density at radius 2 is 1.88 bits per heavy atom. The van der Waals surface area contributed by atoms with Crippen molar-refractivity contribution in [1.82, 2.24) is 5.32 Å². The second-order valence-electron chi connectivity index (χ2n) is 7.91. The van der Waals surface area contributed by atoms with Crippen molar-refractivity contribution < 1.29 is 46.1 Å². The van der Waals surface area contributed by atoms with E-state index >= 15 is 0 Å². The maximum atomic E-state index is 14.1. The van der Waals surface area contributed by atoms with E-state index in [0.29, 0.717) is 11.6 Å². The Balaban J connectivity index is 1.96. The zero-order valence-corrected chi connectivity index (χ0v) is 18.6. The molecule has 34 heavy (non-hydrogen) atoms. The molecule has 7 nitrogen and oxygen atoms in total. The molecule has 1 N–H and O–H groups in total. The minimum absolute atomic E-state index is 0.118. The molecule has 0 aromatic heterocycles. The van der Waals surface area contributed by atoms with E-state index in [-0.39, 0.29) is 19.3 Å². The van der Waals surface area contributed by atoms with E-state index in [2.05, 4.69) is 5.32 Å². The normalized spacial score (nSPS) is 18.3. The molecule has 1 fully saturated rings. The Bertz CT molecular complexity index is 1040. The van der Waals surface area contributed by atoms with Crippen LogP contribution in [0.1, 0.15) is 35.3 Å². The van der Waals surface area contributed by atoms with Gasteiger partial charge >= 0.3 is 12.1 Å². The SMILES string of the molecule is CNC(=O)C(OC(=O)c1cc(F)cc(C(F)(F)F)c1OCc1ccccc1)C1COC(C)(C)O1. The van der Waals surface area contributed by atoms with Gasteiger partial charge in [-0.3, -0.25) is 4.79 Å². The highest BCUT2D eigenvalue weighted by Crippen LogP contribution is 2.40. The minimum atomic E-state index is -5.03. The molecular formula is C23H23F4NO6. The van der Waals surface area contributed by atoms with E-state index in [1.54, 1.807) is 44.2 Å². The highest BCUT2D eigenvalue weighted by molar-refractivity contribution is 5.95. The van der Waals surface area contributed by atoms with Crippen LogP contribution in [0.2, 0.25) is 0 Å². The smallest absolute Gasteiger partial charge is 0.420 e. The second-order valence-corrected chi connectivity index (χ2v) is 7.91. The van der Waals surface area contributed by atoms with Gasteiger partial charge in [-0.2, -0.15) is 13.2 Å². The molecule has 1 aliphatic rings. The van der Waals surface area contributed by atoms with Gasteiger partial charge in [0.2, 0.25) is 6.10 Å². The van der Waals surface area contributed by atoms with E-state index in [4.69, 9.17) is 18.9 Å². The predicted molar refractivity (Wildman–Crippen MR) is 110 cm³/mol. The number of rotatable bonds is 7. The monoisotopic (exact) mass is 485 g/mol. The lowest BCUT2D eigenvalue weighted by Crippen LogP contribution is -2.45. The summed E-state index contributed by atoms with van der Waals surface area (Å²) in [5.74, 6) is -5.49. The van der Waals surface area contributed by atoms with Gasteiger partial charge in [-0.15, -0.1) is 0 Å². The van der Waals surface area contributed by atoms with Gasteiger partial charge in [0, 0.05) is 7.05 Å². The van der Waals surface area contributed by atoms with Gasteiger partial charge in [-0.25, -0.2) is 9.18 Å². The first-order valence-electron chi connectivity index (χ1n) is 10.2. The van der Waals surface area contributed by atoms with Gasteiger partial charge in [0.1, 0.15) is 35.4 Å². The summed E-state index contributed by atoms with van der Waals surface area (Å²) in [5.41, 5.74) is -1.80. The number of ether oxygens (including phenoxy) is 4. The first-order valence-corrected chi connectivity index (χ1v) is 10.2. The van der Waals surface area contributed by atoms with Crippen molar-refractivity contribution >= 4 is 11.9 Å². The number of esters is 1. The quantitative estimate of drug-likeness (QED) is 0.474. The van der Waals surface area contributed by atoms with Crippen molar-refractivity contribution in [1.29, 1.82) is 0 Å². The van der Waals surface area contributed by atoms with E-state index in [1.165, 1.54) is 7.05 Å². The Kier molecular flexibility index (Phi) is 7.47. The van der Waals surface area contributed by atoms with Crippen LogP contribution in [0.5, 0.6) is 5.75 Å². The van der Waals surface area contributed by atoms with Crippen LogP contribution < -0.4 is 10.1 Å². The van der Waals surface area contributed by atoms with Gasteiger partial charge in [0.05, 0.1) is 6.61 Å². The fraction of sp³-hybridized carbons (Fsp3) is 0.391. The summed E-state index contributed by atoms with van der Waals surface area (Å²) in [6.07, 6.45) is -7.64. The van der Waals surface area contributed by atoms with Crippen molar-refractivity contribution in [2.24, 2.45) is 0 Å². The largest absolute Gasteiger partial charge is 0.487 e. The Morgan fingerprint density at radius 3 is 2.44 bits per heavy atom. The lowest BCUT2D eigenvalue weighted by Gasteiger charge is -2.24. The molecule has 0 aliphatic carbocycles. The molecule has 0 bridgehead atoms. The molecule has 1 amide bonds. The van der Waals surface area contributed by atoms with Gasteiger partial charge in [0.25, 0.3) is 5.91 Å². The van der Waals surface area contributed by atoms with Crippen LogP contribution in [0.25, 0.3) is 0 Å². The zero-order valence-electron chi connectivity index (χ0n) is 18.6. The standard InChI is InChI=1S/C23H23F4NO6/c1-22(2)32-12-17(34-22)19(20(29)28-3)33-21(30)15-9-14(24)10-16(23(25,26)27)18(15)31-11-13-7-5-4-6-8-13/h4-10,17,19H,11-12H2,1-3H3,(H,28,29). The molecule has 184 valence electrons. The fourth-order valence-electron chi connectivity index (χ4n) is 3.32. The molecule has 3 rings (SSSR count). The van der Waals surface area contributed by atoms with E-state index in [9.17, 15) is 27.2 Å². The Hall–Kier alpha value is -3.18. The third kappa shape index (κ3) is 6.03. The first kappa shape index (κ1) is 25.4. The summed E-state index contributed by atoms with van der Waals surface area (Å²) in [7, 11) is 1.28. The molecule has 2 atom stereocenters. The number of carbonyl (C=O) groups excluding carboxylic acids is 2. The van der Waals surface area contributed by atoms with Crippen LogP contribution in [0.4, 0.5) is 17.6 Å². The zero-order chi connectivity index (χ0) is 25.1. The molecule has 0 saturated carbocycles. The number of nitrogens with one attached hydrogen (secondary N) is 1. The van der Waals surface area contributed by atoms with E-state index < -0.39 is 58.7 Å². The lowest BCUT2D eigenvalue weighted by atomic mass is 10.1. The molecule has 1 heterocycles. The number of halogens is 4. The maximum absolute atomic E-state index is 14.1. The third-order valence-electron chi connectivity index (χ3n) is 4.91. The van der Waals surface area contributed by atoms with Gasteiger partial charge in [0.15, 0.2) is 5.79 Å². The van der Waals surface area contributed by atoms with E-state index in [0.717, 1.165) is 0 Å². The number of carbonyl (C=O) groups is 2. The molecular weight excluding hydrogens is 462 g/mol. The molecule has 1 aliphatic heterocycles. The average molecular weight is 485 g/mol. The highest BCUT2D eigenvalue weighted by atomic mass is 19.4. The van der Waals surface area contributed by atoms with Crippen molar-refractivity contribution in [3.05, 3.63) is 65.0 Å². The van der Waals surface area contributed by atoms with Crippen molar-refractivity contribution in [2.45, 2.75) is 44.6 Å². The van der Waals surface area contributed by atoms with Crippen molar-refractivity contribution in [2.75, 3.05) is 13.7 Å². The molecule has 2 unspecified atom stereocenters. The summed E-state index contributed by atoms with van der Waals surface area (Å²) in [4.78, 5) is 25.3. The van der Waals surface area contributed by atoms with Gasteiger partial charge < -0.3 is 24.3 Å². The van der Waals surface area contributed by atoms with E-state index in [1.807, 2.05) is 0 Å². The molecule has 2 aromatic rings. The number of amides is 1. The summed E-state index contributed by atoms with van der Waals surface area (Å²) >= 11 is 0. The number of alkyl halides is 3. The summed E-state index contributed by atoms with van der Waals surface area (Å²) in [5, 5.41) is 2.30. The average Bonchev–Trinajstić information content (AvgIpc) is 3.14. The number of likely N-dealkylation sites (N-methyl/N-ethyl adjacent to an activating group) is 1. The number of hydrogen-bond donors (Lipinski definition) is 1. The Morgan fingerprint density at radius 1 is 1.21 bits per heavy atom. The van der Waals surface area contributed by atoms with Gasteiger partial charge in [-0.1, -0.05) is 30.3 Å². The fourth-order valence-corrected chi connectivity index (χ4v) is 3.32. The van der Waals surface area contributed by atoms with Crippen molar-refractivity contribution in [3.8, 4) is 5.75 Å². The molecule has 0 radical (unpaired) electrons.